The Bertz CT molecular complexity index is 943. The lowest BCUT2D eigenvalue weighted by Gasteiger charge is -2.34. The summed E-state index contributed by atoms with van der Waals surface area (Å²) < 4.78 is 2.28. The van der Waals surface area contributed by atoms with Crippen LogP contribution >= 0.6 is 11.3 Å². The predicted octanol–water partition coefficient (Wildman–Crippen LogP) is 3.20. The Morgan fingerprint density at radius 2 is 1.86 bits per heavy atom. The van der Waals surface area contributed by atoms with Crippen molar-refractivity contribution in [3.05, 3.63) is 63.9 Å². The SMILES string of the molecule is Cc1cc(C(=O)CN2CCN(c3ncccn3)CC2)c(C)n1CCc1cccs1. The van der Waals surface area contributed by atoms with Crippen LogP contribution in [0.25, 0.3) is 0 Å². The van der Waals surface area contributed by atoms with Crippen molar-refractivity contribution in [2.45, 2.75) is 26.8 Å². The Morgan fingerprint density at radius 3 is 2.55 bits per heavy atom. The molecule has 3 aromatic heterocycles. The summed E-state index contributed by atoms with van der Waals surface area (Å²) in [6.07, 6.45) is 4.55. The first-order valence-electron chi connectivity index (χ1n) is 10.1. The standard InChI is InChI=1S/C22H27N5OS/c1-17-15-20(18(2)27(17)9-6-19-5-3-14-29-19)21(28)16-25-10-12-26(13-11-25)22-23-7-4-8-24-22/h3-5,7-8,14-15H,6,9-13,16H2,1-2H3. The summed E-state index contributed by atoms with van der Waals surface area (Å²) in [5, 5.41) is 2.11. The van der Waals surface area contributed by atoms with E-state index in [2.05, 4.69) is 61.8 Å². The van der Waals surface area contributed by atoms with E-state index in [9.17, 15) is 4.79 Å². The molecule has 152 valence electrons. The minimum absolute atomic E-state index is 0.213. The van der Waals surface area contributed by atoms with E-state index < -0.39 is 0 Å². The van der Waals surface area contributed by atoms with Gasteiger partial charge in [-0.2, -0.15) is 0 Å². The number of piperazine rings is 1. The highest BCUT2D eigenvalue weighted by Crippen LogP contribution is 2.19. The van der Waals surface area contributed by atoms with Crippen LogP contribution in [-0.2, 0) is 13.0 Å². The molecule has 0 spiro atoms. The van der Waals surface area contributed by atoms with Gasteiger partial charge in [-0.3, -0.25) is 9.69 Å². The maximum atomic E-state index is 13.0. The third-order valence-electron chi connectivity index (χ3n) is 5.61. The van der Waals surface area contributed by atoms with Gasteiger partial charge in [-0.05, 0) is 43.8 Å². The molecule has 0 aromatic carbocycles. The molecule has 0 radical (unpaired) electrons. The highest BCUT2D eigenvalue weighted by atomic mass is 32.1. The summed E-state index contributed by atoms with van der Waals surface area (Å²) in [6.45, 7) is 8.94. The second-order valence-electron chi connectivity index (χ2n) is 7.50. The van der Waals surface area contributed by atoms with E-state index in [1.165, 1.54) is 4.88 Å². The average molecular weight is 410 g/mol. The van der Waals surface area contributed by atoms with E-state index in [-0.39, 0.29) is 5.78 Å². The third-order valence-corrected chi connectivity index (χ3v) is 6.55. The molecule has 1 fully saturated rings. The van der Waals surface area contributed by atoms with Crippen LogP contribution in [-0.4, -0.2) is 57.9 Å². The van der Waals surface area contributed by atoms with E-state index in [0.29, 0.717) is 6.54 Å². The van der Waals surface area contributed by atoms with Crippen molar-refractivity contribution in [3.63, 3.8) is 0 Å². The molecule has 1 aliphatic rings. The summed E-state index contributed by atoms with van der Waals surface area (Å²) >= 11 is 1.79. The van der Waals surface area contributed by atoms with Gasteiger partial charge >= 0.3 is 0 Å². The number of hydrogen-bond acceptors (Lipinski definition) is 6. The van der Waals surface area contributed by atoms with Crippen LogP contribution in [0.4, 0.5) is 5.95 Å². The summed E-state index contributed by atoms with van der Waals surface area (Å²) in [5.41, 5.74) is 3.11. The van der Waals surface area contributed by atoms with Crippen LogP contribution in [0.5, 0.6) is 0 Å². The number of carbonyl (C=O) groups is 1. The van der Waals surface area contributed by atoms with Crippen LogP contribution < -0.4 is 4.90 Å². The zero-order chi connectivity index (χ0) is 20.2. The first-order valence-corrected chi connectivity index (χ1v) is 11.0. The van der Waals surface area contributed by atoms with E-state index >= 15 is 0 Å². The Balaban J connectivity index is 1.35. The summed E-state index contributed by atoms with van der Waals surface area (Å²) in [4.78, 5) is 27.4. The predicted molar refractivity (Wildman–Crippen MR) is 117 cm³/mol. The lowest BCUT2D eigenvalue weighted by molar-refractivity contribution is 0.0925. The van der Waals surface area contributed by atoms with Crippen molar-refractivity contribution < 1.29 is 4.79 Å². The van der Waals surface area contributed by atoms with Gasteiger partial charge in [-0.15, -0.1) is 11.3 Å². The number of thiophene rings is 1. The van der Waals surface area contributed by atoms with Crippen molar-refractivity contribution in [1.29, 1.82) is 0 Å². The molecule has 0 bridgehead atoms. The largest absolute Gasteiger partial charge is 0.348 e. The number of aryl methyl sites for hydroxylation is 2. The third kappa shape index (κ3) is 4.57. The summed E-state index contributed by atoms with van der Waals surface area (Å²) in [7, 11) is 0. The van der Waals surface area contributed by atoms with Crippen LogP contribution in [0.2, 0.25) is 0 Å². The van der Waals surface area contributed by atoms with Gasteiger partial charge in [0, 0.05) is 66.9 Å². The van der Waals surface area contributed by atoms with Crippen molar-refractivity contribution in [3.8, 4) is 0 Å². The topological polar surface area (TPSA) is 54.3 Å². The van der Waals surface area contributed by atoms with Crippen LogP contribution in [0.15, 0.2) is 42.0 Å². The number of hydrogen-bond donors (Lipinski definition) is 0. The van der Waals surface area contributed by atoms with Gasteiger partial charge in [-0.25, -0.2) is 9.97 Å². The summed E-state index contributed by atoms with van der Waals surface area (Å²) in [6, 6.07) is 8.15. The van der Waals surface area contributed by atoms with Gasteiger partial charge in [0.25, 0.3) is 0 Å². The van der Waals surface area contributed by atoms with Crippen molar-refractivity contribution in [2.24, 2.45) is 0 Å². The fourth-order valence-corrected chi connectivity index (χ4v) is 4.65. The van der Waals surface area contributed by atoms with Crippen LogP contribution in [0.1, 0.15) is 26.6 Å². The van der Waals surface area contributed by atoms with Gasteiger partial charge < -0.3 is 9.47 Å². The van der Waals surface area contributed by atoms with Gasteiger partial charge in [-0.1, -0.05) is 6.07 Å². The highest BCUT2D eigenvalue weighted by molar-refractivity contribution is 7.09. The molecule has 0 atom stereocenters. The fourth-order valence-electron chi connectivity index (χ4n) is 3.95. The van der Waals surface area contributed by atoms with E-state index in [4.69, 9.17) is 0 Å². The van der Waals surface area contributed by atoms with Gasteiger partial charge in [0.1, 0.15) is 0 Å². The smallest absolute Gasteiger partial charge is 0.225 e. The molecule has 0 unspecified atom stereocenters. The number of anilines is 1. The second kappa shape index (κ2) is 8.88. The highest BCUT2D eigenvalue weighted by Gasteiger charge is 2.23. The maximum absolute atomic E-state index is 13.0. The van der Waals surface area contributed by atoms with Crippen LogP contribution in [0.3, 0.4) is 0 Å². The maximum Gasteiger partial charge on any atom is 0.225 e. The normalized spacial score (nSPS) is 15.0. The molecule has 6 nitrogen and oxygen atoms in total. The number of ketones is 1. The minimum atomic E-state index is 0.213. The molecule has 7 heteroatoms. The molecule has 1 saturated heterocycles. The molecule has 1 aliphatic heterocycles. The molecule has 4 heterocycles. The first-order chi connectivity index (χ1) is 14.1. The Hall–Kier alpha value is -2.51. The zero-order valence-corrected chi connectivity index (χ0v) is 17.9. The van der Waals surface area contributed by atoms with Gasteiger partial charge in [0.2, 0.25) is 5.95 Å². The van der Waals surface area contributed by atoms with Crippen molar-refractivity contribution >= 4 is 23.1 Å². The molecule has 29 heavy (non-hydrogen) atoms. The lowest BCUT2D eigenvalue weighted by atomic mass is 10.1. The second-order valence-corrected chi connectivity index (χ2v) is 8.53. The first kappa shape index (κ1) is 19.8. The molecular weight excluding hydrogens is 382 g/mol. The quantitative estimate of drug-likeness (QED) is 0.561. The molecule has 4 rings (SSSR count). The van der Waals surface area contributed by atoms with E-state index in [0.717, 1.165) is 62.0 Å². The monoisotopic (exact) mass is 409 g/mol. The lowest BCUT2D eigenvalue weighted by Crippen LogP contribution is -2.48. The zero-order valence-electron chi connectivity index (χ0n) is 17.0. The molecule has 0 N–H and O–H groups in total. The minimum Gasteiger partial charge on any atom is -0.348 e. The number of carbonyl (C=O) groups excluding carboxylic acids is 1. The molecule has 0 saturated carbocycles. The van der Waals surface area contributed by atoms with Gasteiger partial charge in [0.05, 0.1) is 6.54 Å². The fraction of sp³-hybridized carbons (Fsp3) is 0.409. The average Bonchev–Trinajstić information content (AvgIpc) is 3.36. The Labute approximate surface area is 175 Å². The van der Waals surface area contributed by atoms with Gasteiger partial charge in [0.15, 0.2) is 5.78 Å². The Kier molecular flexibility index (Phi) is 6.06. The molecule has 0 amide bonds. The Morgan fingerprint density at radius 1 is 1.10 bits per heavy atom. The van der Waals surface area contributed by atoms with Crippen molar-refractivity contribution in [1.82, 2.24) is 19.4 Å². The number of nitrogens with zero attached hydrogens (tertiary/aromatic N) is 5. The number of Topliss-reactive ketones (excluding diaryl/α,β-unsaturated/α-hetero) is 1. The molecule has 3 aromatic rings. The van der Waals surface area contributed by atoms with Crippen LogP contribution in [0, 0.1) is 13.8 Å². The number of aromatic nitrogens is 3. The molecular formula is C22H27N5OS. The van der Waals surface area contributed by atoms with E-state index in [1.54, 1.807) is 23.7 Å². The van der Waals surface area contributed by atoms with Crippen molar-refractivity contribution in [2.75, 3.05) is 37.6 Å². The summed E-state index contributed by atoms with van der Waals surface area (Å²) in [5.74, 6) is 0.984. The number of rotatable bonds is 7. The van der Waals surface area contributed by atoms with E-state index in [1.807, 2.05) is 6.07 Å². The molecule has 0 aliphatic carbocycles.